The van der Waals surface area contributed by atoms with Gasteiger partial charge in [-0.1, -0.05) is 30.3 Å². The highest BCUT2D eigenvalue weighted by atomic mass is 16.1. The van der Waals surface area contributed by atoms with Gasteiger partial charge >= 0.3 is 0 Å². The molecule has 0 aliphatic heterocycles. The molecule has 3 rings (SSSR count). The van der Waals surface area contributed by atoms with Gasteiger partial charge in [0.1, 0.15) is 0 Å². The van der Waals surface area contributed by atoms with Gasteiger partial charge < -0.3 is 5.32 Å². The SMILES string of the molecule is Cc1nn(C)c2ncc(NC(=O)Cc3ccccc3)cc12. The van der Waals surface area contributed by atoms with Gasteiger partial charge in [-0.25, -0.2) is 4.98 Å². The minimum atomic E-state index is -0.0520. The highest BCUT2D eigenvalue weighted by Gasteiger charge is 2.09. The van der Waals surface area contributed by atoms with Crippen LogP contribution in [0.2, 0.25) is 0 Å². The number of benzene rings is 1. The lowest BCUT2D eigenvalue weighted by Crippen LogP contribution is -2.14. The molecule has 21 heavy (non-hydrogen) atoms. The van der Waals surface area contributed by atoms with Gasteiger partial charge in [0.25, 0.3) is 0 Å². The fourth-order valence-electron chi connectivity index (χ4n) is 2.36. The van der Waals surface area contributed by atoms with Crippen molar-refractivity contribution in [3.05, 3.63) is 53.9 Å². The first-order valence-electron chi connectivity index (χ1n) is 6.76. The van der Waals surface area contributed by atoms with E-state index in [-0.39, 0.29) is 5.91 Å². The van der Waals surface area contributed by atoms with Crippen molar-refractivity contribution in [3.63, 3.8) is 0 Å². The number of nitrogens with one attached hydrogen (secondary N) is 1. The average Bonchev–Trinajstić information content (AvgIpc) is 2.74. The van der Waals surface area contributed by atoms with E-state index in [4.69, 9.17) is 0 Å². The Kier molecular flexibility index (Phi) is 3.39. The zero-order chi connectivity index (χ0) is 14.8. The molecule has 106 valence electrons. The van der Waals surface area contributed by atoms with Crippen LogP contribution in [0.3, 0.4) is 0 Å². The van der Waals surface area contributed by atoms with Gasteiger partial charge in [-0.05, 0) is 18.6 Å². The number of pyridine rings is 1. The Labute approximate surface area is 122 Å². The maximum Gasteiger partial charge on any atom is 0.228 e. The van der Waals surface area contributed by atoms with Crippen LogP contribution >= 0.6 is 0 Å². The van der Waals surface area contributed by atoms with Crippen LogP contribution in [-0.2, 0) is 18.3 Å². The number of hydrogen-bond acceptors (Lipinski definition) is 3. The second kappa shape index (κ2) is 5.36. The summed E-state index contributed by atoms with van der Waals surface area (Å²) in [6.45, 7) is 1.93. The van der Waals surface area contributed by atoms with Gasteiger partial charge in [-0.2, -0.15) is 5.10 Å². The Morgan fingerprint density at radius 3 is 2.81 bits per heavy atom. The fraction of sp³-hybridized carbons (Fsp3) is 0.188. The molecule has 0 aliphatic carbocycles. The van der Waals surface area contributed by atoms with Crippen molar-refractivity contribution in [3.8, 4) is 0 Å². The second-order valence-electron chi connectivity index (χ2n) is 5.01. The highest BCUT2D eigenvalue weighted by molar-refractivity contribution is 5.94. The van der Waals surface area contributed by atoms with E-state index in [9.17, 15) is 4.79 Å². The first-order valence-corrected chi connectivity index (χ1v) is 6.76. The minimum absolute atomic E-state index is 0.0520. The van der Waals surface area contributed by atoms with Gasteiger partial charge in [-0.3, -0.25) is 9.48 Å². The number of anilines is 1. The zero-order valence-electron chi connectivity index (χ0n) is 12.0. The Morgan fingerprint density at radius 2 is 2.05 bits per heavy atom. The summed E-state index contributed by atoms with van der Waals surface area (Å²) in [5.74, 6) is -0.0520. The molecule has 1 aromatic carbocycles. The largest absolute Gasteiger partial charge is 0.324 e. The maximum absolute atomic E-state index is 12.0. The van der Waals surface area contributed by atoms with Gasteiger partial charge in [0, 0.05) is 12.4 Å². The highest BCUT2D eigenvalue weighted by Crippen LogP contribution is 2.19. The third-order valence-electron chi connectivity index (χ3n) is 3.35. The van der Waals surface area contributed by atoms with Crippen LogP contribution in [-0.4, -0.2) is 20.7 Å². The van der Waals surface area contributed by atoms with E-state index in [0.717, 1.165) is 22.3 Å². The lowest BCUT2D eigenvalue weighted by atomic mass is 10.1. The molecule has 0 saturated heterocycles. The summed E-state index contributed by atoms with van der Waals surface area (Å²) in [6.07, 6.45) is 2.01. The summed E-state index contributed by atoms with van der Waals surface area (Å²) in [5.41, 5.74) is 3.40. The number of amides is 1. The average molecular weight is 280 g/mol. The van der Waals surface area contributed by atoms with E-state index in [1.165, 1.54) is 0 Å². The summed E-state index contributed by atoms with van der Waals surface area (Å²) < 4.78 is 1.74. The van der Waals surface area contributed by atoms with E-state index < -0.39 is 0 Å². The predicted molar refractivity (Wildman–Crippen MR) is 82.0 cm³/mol. The molecule has 0 spiro atoms. The van der Waals surface area contributed by atoms with Crippen molar-refractivity contribution in [1.82, 2.24) is 14.8 Å². The fourth-order valence-corrected chi connectivity index (χ4v) is 2.36. The molecule has 3 aromatic rings. The second-order valence-corrected chi connectivity index (χ2v) is 5.01. The lowest BCUT2D eigenvalue weighted by molar-refractivity contribution is -0.115. The number of carbonyl (C=O) groups is 1. The van der Waals surface area contributed by atoms with E-state index >= 15 is 0 Å². The summed E-state index contributed by atoms with van der Waals surface area (Å²) in [6, 6.07) is 11.6. The number of carbonyl (C=O) groups excluding carboxylic acids is 1. The van der Waals surface area contributed by atoms with Crippen LogP contribution in [0.25, 0.3) is 11.0 Å². The van der Waals surface area contributed by atoms with Gasteiger partial charge in [0.2, 0.25) is 5.91 Å². The van der Waals surface area contributed by atoms with Crippen molar-refractivity contribution in [1.29, 1.82) is 0 Å². The van der Waals surface area contributed by atoms with Crippen molar-refractivity contribution < 1.29 is 4.79 Å². The normalized spacial score (nSPS) is 10.8. The Bertz CT molecular complexity index is 793. The molecule has 1 amide bonds. The number of nitrogens with zero attached hydrogens (tertiary/aromatic N) is 3. The lowest BCUT2D eigenvalue weighted by Gasteiger charge is -2.05. The molecule has 0 bridgehead atoms. The molecule has 0 atom stereocenters. The molecule has 0 unspecified atom stereocenters. The van der Waals surface area contributed by atoms with E-state index in [1.54, 1.807) is 10.9 Å². The standard InChI is InChI=1S/C16H16N4O/c1-11-14-9-13(10-17-16(14)20(2)19-11)18-15(21)8-12-6-4-3-5-7-12/h3-7,9-10H,8H2,1-2H3,(H,18,21). The summed E-state index contributed by atoms with van der Waals surface area (Å²) >= 11 is 0. The zero-order valence-corrected chi connectivity index (χ0v) is 12.0. The van der Waals surface area contributed by atoms with Crippen molar-refractivity contribution in [2.75, 3.05) is 5.32 Å². The molecular weight excluding hydrogens is 264 g/mol. The topological polar surface area (TPSA) is 59.8 Å². The summed E-state index contributed by atoms with van der Waals surface area (Å²) in [5, 5.41) is 8.15. The molecule has 0 saturated carbocycles. The number of hydrogen-bond donors (Lipinski definition) is 1. The Hall–Kier alpha value is -2.69. The quantitative estimate of drug-likeness (QED) is 0.801. The molecular formula is C16H16N4O. The predicted octanol–water partition coefficient (Wildman–Crippen LogP) is 2.46. The molecule has 0 aliphatic rings. The number of fused-ring (bicyclic) bond motifs is 1. The van der Waals surface area contributed by atoms with Crippen molar-refractivity contribution in [2.24, 2.45) is 7.05 Å². The summed E-state index contributed by atoms with van der Waals surface area (Å²) in [4.78, 5) is 16.4. The van der Waals surface area contributed by atoms with E-state index in [1.807, 2.05) is 50.4 Å². The summed E-state index contributed by atoms with van der Waals surface area (Å²) in [7, 11) is 1.86. The molecule has 2 aromatic heterocycles. The molecule has 5 nitrogen and oxygen atoms in total. The first-order chi connectivity index (χ1) is 10.1. The molecule has 2 heterocycles. The Morgan fingerprint density at radius 1 is 1.29 bits per heavy atom. The smallest absolute Gasteiger partial charge is 0.228 e. The molecule has 0 radical (unpaired) electrons. The van der Waals surface area contributed by atoms with Crippen LogP contribution in [0, 0.1) is 6.92 Å². The maximum atomic E-state index is 12.0. The number of aryl methyl sites for hydroxylation is 2. The van der Waals surface area contributed by atoms with Crippen molar-refractivity contribution >= 4 is 22.6 Å². The van der Waals surface area contributed by atoms with Gasteiger partial charge in [0.15, 0.2) is 5.65 Å². The molecule has 0 fully saturated rings. The third-order valence-corrected chi connectivity index (χ3v) is 3.35. The van der Waals surface area contributed by atoms with Gasteiger partial charge in [-0.15, -0.1) is 0 Å². The van der Waals surface area contributed by atoms with Gasteiger partial charge in [0.05, 0.1) is 24.0 Å². The minimum Gasteiger partial charge on any atom is -0.324 e. The van der Waals surface area contributed by atoms with Crippen LogP contribution in [0.1, 0.15) is 11.3 Å². The van der Waals surface area contributed by atoms with Crippen LogP contribution in [0.5, 0.6) is 0 Å². The van der Waals surface area contributed by atoms with Crippen LogP contribution < -0.4 is 5.32 Å². The third kappa shape index (κ3) is 2.76. The first kappa shape index (κ1) is 13.3. The molecule has 5 heteroatoms. The van der Waals surface area contributed by atoms with Crippen LogP contribution in [0.4, 0.5) is 5.69 Å². The van der Waals surface area contributed by atoms with Crippen LogP contribution in [0.15, 0.2) is 42.6 Å². The van der Waals surface area contributed by atoms with Crippen molar-refractivity contribution in [2.45, 2.75) is 13.3 Å². The van der Waals surface area contributed by atoms with E-state index in [2.05, 4.69) is 15.4 Å². The number of rotatable bonds is 3. The van der Waals surface area contributed by atoms with E-state index in [0.29, 0.717) is 12.1 Å². The molecule has 1 N–H and O–H groups in total. The monoisotopic (exact) mass is 280 g/mol. The number of aromatic nitrogens is 3. The Balaban J connectivity index is 1.78.